The Bertz CT molecular complexity index is 1710. The number of halogens is 1. The minimum absolute atomic E-state index is 0. The molecule has 1 aliphatic heterocycles. The van der Waals surface area contributed by atoms with Crippen LogP contribution < -0.4 is 10.2 Å². The molecule has 0 saturated carbocycles. The van der Waals surface area contributed by atoms with Crippen molar-refractivity contribution in [1.82, 2.24) is 19.9 Å². The van der Waals surface area contributed by atoms with Crippen molar-refractivity contribution in [3.05, 3.63) is 83.4 Å². The van der Waals surface area contributed by atoms with E-state index in [4.69, 9.17) is 11.6 Å². The van der Waals surface area contributed by atoms with Gasteiger partial charge in [0.2, 0.25) is 0 Å². The number of H-pyrrole nitrogens is 1. The summed E-state index contributed by atoms with van der Waals surface area (Å²) in [6.45, 7) is 0. The quantitative estimate of drug-likeness (QED) is 0.266. The molecule has 0 spiro atoms. The van der Waals surface area contributed by atoms with Crippen molar-refractivity contribution in [1.29, 1.82) is 0 Å². The summed E-state index contributed by atoms with van der Waals surface area (Å²) in [6, 6.07) is 21.2. The number of para-hydroxylation sites is 2. The smallest absolute Gasteiger partial charge is 0.859 e. The first-order valence-corrected chi connectivity index (χ1v) is 10.8. The molecule has 12 heteroatoms. The van der Waals surface area contributed by atoms with Gasteiger partial charge in [-0.1, -0.05) is 60.1 Å². The molecule has 170 valence electrons. The predicted molar refractivity (Wildman–Crippen MR) is 128 cm³/mol. The number of aromatic amines is 1. The number of rotatable bonds is 4. The van der Waals surface area contributed by atoms with E-state index in [1.165, 1.54) is 4.68 Å². The van der Waals surface area contributed by atoms with Crippen LogP contribution in [-0.2, 0) is 19.5 Å². The second-order valence-corrected chi connectivity index (χ2v) is 7.95. The standard InChI is InChI=1S/C24H15ClN8O2.Zn/c25-16-10-4-1-7-13(16)21-29-31-24(30-28-19-14-8-2-5-11-17(14)26-22(19)34)33(21)32-20-15-9-3-6-12-18(15)27-23(20)35;/h1-12,26,34H,(H,27,32,35);/q;+2/p-2. The second-order valence-electron chi connectivity index (χ2n) is 7.55. The third-order valence-corrected chi connectivity index (χ3v) is 5.74. The molecule has 0 unspecified atom stereocenters. The Kier molecular flexibility index (Phi) is 6.17. The second kappa shape index (κ2) is 9.45. The first-order valence-electron chi connectivity index (χ1n) is 10.4. The molecule has 0 aliphatic carbocycles. The Hall–Kier alpha value is -4.21. The van der Waals surface area contributed by atoms with Crippen LogP contribution in [0.2, 0.25) is 5.02 Å². The topological polar surface area (TPSA) is 142 Å². The summed E-state index contributed by atoms with van der Waals surface area (Å²) in [6.07, 6.45) is 0. The van der Waals surface area contributed by atoms with Gasteiger partial charge in [-0.15, -0.1) is 20.4 Å². The van der Waals surface area contributed by atoms with Crippen molar-refractivity contribution in [3.8, 4) is 17.3 Å². The summed E-state index contributed by atoms with van der Waals surface area (Å²) in [5.41, 5.74) is 2.47. The van der Waals surface area contributed by atoms with Gasteiger partial charge >= 0.3 is 19.5 Å². The largest absolute Gasteiger partial charge is 2.00 e. The number of nitrogens with zero attached hydrogens (tertiary/aromatic N) is 7. The number of aromatic nitrogens is 4. The molecule has 36 heavy (non-hydrogen) atoms. The van der Waals surface area contributed by atoms with Gasteiger partial charge in [0, 0.05) is 27.9 Å². The number of azo groups is 1. The third kappa shape index (κ3) is 3.98. The number of fused-ring (bicyclic) bond motifs is 2. The van der Waals surface area contributed by atoms with Gasteiger partial charge < -0.3 is 15.2 Å². The number of hydrogen-bond donors (Lipinski definition) is 1. The molecule has 0 amide bonds. The summed E-state index contributed by atoms with van der Waals surface area (Å²) >= 11 is 6.40. The Labute approximate surface area is 221 Å². The van der Waals surface area contributed by atoms with Crippen LogP contribution in [0.4, 0.5) is 17.3 Å². The maximum absolute atomic E-state index is 12.6. The van der Waals surface area contributed by atoms with E-state index < -0.39 is 11.8 Å². The molecule has 0 radical (unpaired) electrons. The normalized spacial score (nSPS) is 13.8. The van der Waals surface area contributed by atoms with Gasteiger partial charge in [-0.25, -0.2) is 0 Å². The monoisotopic (exact) mass is 544 g/mol. The van der Waals surface area contributed by atoms with Crippen LogP contribution in [0, 0.1) is 0 Å². The predicted octanol–water partition coefficient (Wildman–Crippen LogP) is 4.22. The van der Waals surface area contributed by atoms with Gasteiger partial charge in [0.1, 0.15) is 11.4 Å². The molecule has 5 aromatic rings. The van der Waals surface area contributed by atoms with E-state index >= 15 is 0 Å². The summed E-state index contributed by atoms with van der Waals surface area (Å²) in [5.74, 6) is -0.700. The molecule has 0 fully saturated rings. The first kappa shape index (κ1) is 23.5. The Morgan fingerprint density at radius 1 is 0.833 bits per heavy atom. The maximum Gasteiger partial charge on any atom is 2.00 e. The van der Waals surface area contributed by atoms with Crippen LogP contribution in [0.25, 0.3) is 22.3 Å². The first-order chi connectivity index (χ1) is 17.1. The Balaban J connectivity index is 0.00000267. The van der Waals surface area contributed by atoms with Crippen molar-refractivity contribution < 1.29 is 29.7 Å². The molecule has 0 atom stereocenters. The Morgan fingerprint density at radius 2 is 1.56 bits per heavy atom. The molecular weight excluding hydrogens is 533 g/mol. The molecule has 10 nitrogen and oxygen atoms in total. The molecule has 1 aliphatic rings. The number of nitrogens with one attached hydrogen (secondary N) is 1. The van der Waals surface area contributed by atoms with Crippen molar-refractivity contribution in [2.75, 3.05) is 0 Å². The van der Waals surface area contributed by atoms with Crippen LogP contribution >= 0.6 is 11.6 Å². The van der Waals surface area contributed by atoms with E-state index in [1.807, 2.05) is 6.07 Å². The van der Waals surface area contributed by atoms with E-state index in [1.54, 1.807) is 66.7 Å². The SMILES string of the molecule is [O-]C1=Nc2ccccc2C1=Nn1c(N=Nc2c([O-])[nH]c3ccccc23)nnc1-c1ccccc1Cl.[Zn+2]. The molecule has 2 aromatic heterocycles. The van der Waals surface area contributed by atoms with E-state index in [-0.39, 0.29) is 42.6 Å². The van der Waals surface area contributed by atoms with Crippen molar-refractivity contribution >= 4 is 51.4 Å². The molecule has 3 aromatic carbocycles. The van der Waals surface area contributed by atoms with Crippen molar-refractivity contribution in [3.63, 3.8) is 0 Å². The average Bonchev–Trinajstić information content (AvgIpc) is 3.51. The number of benzene rings is 3. The third-order valence-electron chi connectivity index (χ3n) is 5.41. The summed E-state index contributed by atoms with van der Waals surface area (Å²) in [4.78, 5) is 6.78. The van der Waals surface area contributed by atoms with Gasteiger partial charge in [0.25, 0.3) is 5.95 Å². The summed E-state index contributed by atoms with van der Waals surface area (Å²) in [7, 11) is 0. The van der Waals surface area contributed by atoms with Crippen molar-refractivity contribution in [2.24, 2.45) is 20.3 Å². The van der Waals surface area contributed by atoms with Crippen LogP contribution in [0.1, 0.15) is 5.56 Å². The zero-order valence-corrected chi connectivity index (χ0v) is 22.2. The van der Waals surface area contributed by atoms with Crippen molar-refractivity contribution in [2.45, 2.75) is 0 Å². The maximum atomic E-state index is 12.6. The molecule has 0 bridgehead atoms. The number of aliphatic imine (C=N–C) groups is 1. The van der Waals surface area contributed by atoms with Crippen LogP contribution in [0.3, 0.4) is 0 Å². The van der Waals surface area contributed by atoms with Crippen LogP contribution in [0.15, 0.2) is 93.1 Å². The van der Waals surface area contributed by atoms with Gasteiger partial charge in [-0.2, -0.15) is 9.78 Å². The Morgan fingerprint density at radius 3 is 2.39 bits per heavy atom. The zero-order chi connectivity index (χ0) is 23.9. The van der Waals surface area contributed by atoms with E-state index in [2.05, 4.69) is 35.5 Å². The van der Waals surface area contributed by atoms with Crippen LogP contribution in [-0.4, -0.2) is 31.5 Å². The fourth-order valence-corrected chi connectivity index (χ4v) is 4.00. The van der Waals surface area contributed by atoms with Gasteiger partial charge in [-0.3, -0.25) is 4.99 Å². The molecule has 6 rings (SSSR count). The summed E-state index contributed by atoms with van der Waals surface area (Å²) < 4.78 is 1.27. The van der Waals surface area contributed by atoms with Crippen LogP contribution in [0.5, 0.6) is 5.88 Å². The molecular formula is C24H13ClN8O2Zn. The average molecular weight is 546 g/mol. The van der Waals surface area contributed by atoms with E-state index in [0.717, 1.165) is 0 Å². The molecule has 3 heterocycles. The van der Waals surface area contributed by atoms with E-state index in [0.29, 0.717) is 32.7 Å². The fraction of sp³-hybridized carbons (Fsp3) is 0. The van der Waals surface area contributed by atoms with Gasteiger partial charge in [0.15, 0.2) is 5.82 Å². The molecule has 1 N–H and O–H groups in total. The minimum atomic E-state index is -0.508. The number of hydrogen-bond acceptors (Lipinski definition) is 8. The van der Waals surface area contributed by atoms with E-state index in [9.17, 15) is 10.2 Å². The fourth-order valence-electron chi connectivity index (χ4n) is 3.78. The minimum Gasteiger partial charge on any atom is -0.859 e. The van der Waals surface area contributed by atoms with Gasteiger partial charge in [0.05, 0.1) is 10.7 Å². The zero-order valence-electron chi connectivity index (χ0n) is 18.5. The van der Waals surface area contributed by atoms with Gasteiger partial charge in [-0.05, 0) is 30.1 Å². The summed E-state index contributed by atoms with van der Waals surface area (Å²) in [5, 5.41) is 47.2. The molecule has 0 saturated heterocycles.